The van der Waals surface area contributed by atoms with Crippen LogP contribution in [0.3, 0.4) is 0 Å². The zero-order valence-corrected chi connectivity index (χ0v) is 11.0. The molecule has 1 aliphatic rings. The Morgan fingerprint density at radius 3 is 2.56 bits per heavy atom. The third-order valence-corrected chi connectivity index (χ3v) is 3.24. The first-order valence-electron chi connectivity index (χ1n) is 5.99. The molecule has 0 amide bonds. The fourth-order valence-corrected chi connectivity index (χ4v) is 2.29. The molecule has 1 aromatic rings. The van der Waals surface area contributed by atoms with Gasteiger partial charge in [0, 0.05) is 12.8 Å². The van der Waals surface area contributed by atoms with Gasteiger partial charge >= 0.3 is 5.97 Å². The van der Waals surface area contributed by atoms with Crippen LogP contribution >= 0.6 is 0 Å². The van der Waals surface area contributed by atoms with Crippen molar-refractivity contribution in [2.45, 2.75) is 31.8 Å². The number of hydrogen-bond donors (Lipinski definition) is 0. The summed E-state index contributed by atoms with van der Waals surface area (Å²) in [7, 11) is 3.22. The van der Waals surface area contributed by atoms with E-state index in [0.29, 0.717) is 24.3 Å². The number of methoxy groups -OCH3 is 2. The second-order valence-corrected chi connectivity index (χ2v) is 4.79. The molecule has 2 rings (SSSR count). The number of carbonyl (C=O) groups excluding carboxylic acids is 1. The summed E-state index contributed by atoms with van der Waals surface area (Å²) in [4.78, 5) is 11.2. The number of esters is 1. The van der Waals surface area contributed by atoms with Crippen LogP contribution in [0.1, 0.15) is 25.3 Å². The van der Waals surface area contributed by atoms with Crippen molar-refractivity contribution in [3.05, 3.63) is 23.8 Å². The van der Waals surface area contributed by atoms with E-state index in [-0.39, 0.29) is 5.97 Å². The molecule has 1 saturated heterocycles. The first-order chi connectivity index (χ1) is 8.56. The van der Waals surface area contributed by atoms with E-state index in [4.69, 9.17) is 14.2 Å². The number of carbonyl (C=O) groups is 1. The van der Waals surface area contributed by atoms with Gasteiger partial charge in [-0.2, -0.15) is 0 Å². The van der Waals surface area contributed by atoms with Crippen molar-refractivity contribution in [1.29, 1.82) is 0 Å². The Labute approximate surface area is 107 Å². The second kappa shape index (κ2) is 4.88. The van der Waals surface area contributed by atoms with E-state index in [9.17, 15) is 4.79 Å². The summed E-state index contributed by atoms with van der Waals surface area (Å²) < 4.78 is 15.8. The summed E-state index contributed by atoms with van der Waals surface area (Å²) in [6.45, 7) is 1.97. The Bertz CT molecular complexity index is 455. The lowest BCUT2D eigenvalue weighted by molar-refractivity contribution is -0.147. The first kappa shape index (κ1) is 12.7. The van der Waals surface area contributed by atoms with Crippen LogP contribution in [0, 0.1) is 0 Å². The summed E-state index contributed by atoms with van der Waals surface area (Å²) >= 11 is 0. The normalized spacial score (nSPS) is 22.7. The van der Waals surface area contributed by atoms with Crippen LogP contribution in [0.15, 0.2) is 18.2 Å². The number of rotatable bonds is 4. The minimum Gasteiger partial charge on any atom is -0.493 e. The maximum absolute atomic E-state index is 11.2. The fraction of sp³-hybridized carbons (Fsp3) is 0.500. The van der Waals surface area contributed by atoms with Crippen LogP contribution in [-0.4, -0.2) is 25.8 Å². The molecule has 4 nitrogen and oxygen atoms in total. The van der Waals surface area contributed by atoms with Gasteiger partial charge in [-0.3, -0.25) is 4.79 Å². The van der Waals surface area contributed by atoms with E-state index in [2.05, 4.69) is 0 Å². The third-order valence-electron chi connectivity index (χ3n) is 3.24. The van der Waals surface area contributed by atoms with Crippen molar-refractivity contribution in [2.75, 3.05) is 14.2 Å². The lowest BCUT2D eigenvalue weighted by Crippen LogP contribution is -2.26. The predicted molar refractivity (Wildman–Crippen MR) is 67.0 cm³/mol. The molecule has 18 heavy (non-hydrogen) atoms. The smallest absolute Gasteiger partial charge is 0.306 e. The average molecular weight is 250 g/mol. The highest BCUT2D eigenvalue weighted by atomic mass is 16.6. The van der Waals surface area contributed by atoms with Gasteiger partial charge in [0.05, 0.1) is 14.2 Å². The van der Waals surface area contributed by atoms with Gasteiger partial charge in [-0.15, -0.1) is 0 Å². The monoisotopic (exact) mass is 250 g/mol. The Morgan fingerprint density at radius 2 is 2.00 bits per heavy atom. The van der Waals surface area contributed by atoms with Crippen LogP contribution in [0.4, 0.5) is 0 Å². The second-order valence-electron chi connectivity index (χ2n) is 4.79. The molecule has 0 aromatic heterocycles. The quantitative estimate of drug-likeness (QED) is 0.769. The van der Waals surface area contributed by atoms with E-state index in [0.717, 1.165) is 12.0 Å². The Hall–Kier alpha value is -1.71. The van der Waals surface area contributed by atoms with Gasteiger partial charge in [0.15, 0.2) is 11.5 Å². The van der Waals surface area contributed by atoms with Crippen LogP contribution in [0.25, 0.3) is 0 Å². The minimum absolute atomic E-state index is 0.113. The van der Waals surface area contributed by atoms with Crippen molar-refractivity contribution < 1.29 is 19.0 Å². The molecule has 1 fully saturated rings. The van der Waals surface area contributed by atoms with Gasteiger partial charge in [-0.1, -0.05) is 6.07 Å². The fourth-order valence-electron chi connectivity index (χ4n) is 2.29. The van der Waals surface area contributed by atoms with Crippen LogP contribution in [0.2, 0.25) is 0 Å². The summed E-state index contributed by atoms with van der Waals surface area (Å²) in [5.74, 6) is 1.29. The molecule has 0 radical (unpaired) electrons. The molecule has 0 spiro atoms. The van der Waals surface area contributed by atoms with Crippen molar-refractivity contribution in [1.82, 2.24) is 0 Å². The Morgan fingerprint density at radius 1 is 1.28 bits per heavy atom. The molecule has 1 aromatic carbocycles. The third kappa shape index (κ3) is 2.58. The maximum Gasteiger partial charge on any atom is 0.306 e. The zero-order valence-electron chi connectivity index (χ0n) is 11.0. The highest BCUT2D eigenvalue weighted by Crippen LogP contribution is 2.33. The van der Waals surface area contributed by atoms with Gasteiger partial charge in [0.2, 0.25) is 0 Å². The summed E-state index contributed by atoms with van der Waals surface area (Å²) in [5, 5.41) is 0. The van der Waals surface area contributed by atoms with Crippen molar-refractivity contribution in [3.63, 3.8) is 0 Å². The highest BCUT2D eigenvalue weighted by Gasteiger charge is 2.35. The van der Waals surface area contributed by atoms with E-state index >= 15 is 0 Å². The summed E-state index contributed by atoms with van der Waals surface area (Å²) in [6, 6.07) is 5.77. The average Bonchev–Trinajstić information content (AvgIpc) is 2.68. The van der Waals surface area contributed by atoms with Crippen LogP contribution < -0.4 is 9.47 Å². The minimum atomic E-state index is -0.392. The van der Waals surface area contributed by atoms with Crippen LogP contribution in [-0.2, 0) is 16.0 Å². The lowest BCUT2D eigenvalue weighted by Gasteiger charge is -2.23. The van der Waals surface area contributed by atoms with E-state index < -0.39 is 5.60 Å². The van der Waals surface area contributed by atoms with E-state index in [1.165, 1.54) is 0 Å². The number of benzene rings is 1. The Kier molecular flexibility index (Phi) is 3.45. The van der Waals surface area contributed by atoms with Gasteiger partial charge in [-0.05, 0) is 31.0 Å². The maximum atomic E-state index is 11.2. The highest BCUT2D eigenvalue weighted by molar-refractivity contribution is 5.72. The molecule has 1 atom stereocenters. The van der Waals surface area contributed by atoms with Gasteiger partial charge < -0.3 is 14.2 Å². The molecule has 4 heteroatoms. The van der Waals surface area contributed by atoms with Crippen molar-refractivity contribution in [3.8, 4) is 11.5 Å². The molecule has 0 saturated carbocycles. The molecular formula is C14H18O4. The lowest BCUT2D eigenvalue weighted by atomic mass is 9.93. The zero-order chi connectivity index (χ0) is 13.2. The number of hydrogen-bond acceptors (Lipinski definition) is 4. The van der Waals surface area contributed by atoms with Gasteiger partial charge in [-0.25, -0.2) is 0 Å². The molecule has 1 aliphatic heterocycles. The molecule has 0 bridgehead atoms. The van der Waals surface area contributed by atoms with E-state index in [1.807, 2.05) is 25.1 Å². The first-order valence-corrected chi connectivity index (χ1v) is 5.99. The summed E-state index contributed by atoms with van der Waals surface area (Å²) in [5.41, 5.74) is 0.682. The number of ether oxygens (including phenoxy) is 3. The van der Waals surface area contributed by atoms with Crippen molar-refractivity contribution in [2.24, 2.45) is 0 Å². The number of cyclic esters (lactones) is 1. The van der Waals surface area contributed by atoms with E-state index in [1.54, 1.807) is 14.2 Å². The Balaban J connectivity index is 2.17. The predicted octanol–water partition coefficient (Wildman–Crippen LogP) is 2.34. The molecule has 0 aliphatic carbocycles. The summed E-state index contributed by atoms with van der Waals surface area (Å²) in [6.07, 6.45) is 1.96. The standard InChI is InChI=1S/C14H18O4/c1-14(7-6-13(15)18-14)9-10-4-5-11(16-2)12(8-10)17-3/h4-5,8H,6-7,9H2,1-3H3. The van der Waals surface area contributed by atoms with Crippen LogP contribution in [0.5, 0.6) is 11.5 Å². The molecule has 1 unspecified atom stereocenters. The van der Waals surface area contributed by atoms with Gasteiger partial charge in [0.25, 0.3) is 0 Å². The largest absolute Gasteiger partial charge is 0.493 e. The SMILES string of the molecule is COc1ccc(CC2(C)CCC(=O)O2)cc1OC. The topological polar surface area (TPSA) is 44.8 Å². The molecule has 1 heterocycles. The van der Waals surface area contributed by atoms with Crippen molar-refractivity contribution >= 4 is 5.97 Å². The molecule has 98 valence electrons. The molecule has 0 N–H and O–H groups in total. The van der Waals surface area contributed by atoms with Gasteiger partial charge in [0.1, 0.15) is 5.60 Å². The molecular weight excluding hydrogens is 232 g/mol.